The van der Waals surface area contributed by atoms with Crippen LogP contribution in [0.2, 0.25) is 0 Å². The van der Waals surface area contributed by atoms with Gasteiger partial charge in [0.25, 0.3) is 0 Å². The SMILES string of the molecule is CC([O])Cc1ccc2ccccc2c1. The summed E-state index contributed by atoms with van der Waals surface area (Å²) in [6, 6.07) is 14.4. The van der Waals surface area contributed by atoms with Crippen molar-refractivity contribution in [1.82, 2.24) is 0 Å². The molecule has 14 heavy (non-hydrogen) atoms. The fourth-order valence-corrected chi connectivity index (χ4v) is 1.70. The summed E-state index contributed by atoms with van der Waals surface area (Å²) in [6.45, 7) is 1.70. The second-order valence-corrected chi connectivity index (χ2v) is 3.70. The van der Waals surface area contributed by atoms with Crippen LogP contribution in [0.4, 0.5) is 0 Å². The van der Waals surface area contributed by atoms with E-state index in [9.17, 15) is 5.11 Å². The summed E-state index contributed by atoms with van der Waals surface area (Å²) < 4.78 is 0. The van der Waals surface area contributed by atoms with E-state index in [1.165, 1.54) is 10.8 Å². The van der Waals surface area contributed by atoms with Gasteiger partial charge in [-0.05, 0) is 23.3 Å². The van der Waals surface area contributed by atoms with E-state index in [0.717, 1.165) is 5.56 Å². The van der Waals surface area contributed by atoms with Crippen molar-refractivity contribution >= 4 is 10.8 Å². The summed E-state index contributed by atoms with van der Waals surface area (Å²) in [4.78, 5) is 0. The van der Waals surface area contributed by atoms with Crippen LogP contribution in [-0.2, 0) is 11.5 Å². The second-order valence-electron chi connectivity index (χ2n) is 3.70. The second kappa shape index (κ2) is 3.81. The summed E-state index contributed by atoms with van der Waals surface area (Å²) in [5, 5.41) is 13.5. The highest BCUT2D eigenvalue weighted by atomic mass is 16.3. The molecule has 0 heterocycles. The molecule has 0 aliphatic heterocycles. The zero-order valence-electron chi connectivity index (χ0n) is 8.23. The van der Waals surface area contributed by atoms with Crippen LogP contribution < -0.4 is 0 Å². The summed E-state index contributed by atoms with van der Waals surface area (Å²) in [5.74, 6) is 0. The maximum Gasteiger partial charge on any atom is 0.0942 e. The minimum Gasteiger partial charge on any atom is -0.233 e. The number of rotatable bonds is 2. The monoisotopic (exact) mass is 185 g/mol. The molecular formula is C13H13O. The Hall–Kier alpha value is -1.34. The Morgan fingerprint density at radius 2 is 1.79 bits per heavy atom. The highest BCUT2D eigenvalue weighted by Gasteiger charge is 2.01. The van der Waals surface area contributed by atoms with E-state index in [-0.39, 0.29) is 0 Å². The molecule has 0 bridgehead atoms. The predicted octanol–water partition coefficient (Wildman–Crippen LogP) is 3.20. The minimum atomic E-state index is -0.517. The molecule has 2 aromatic rings. The van der Waals surface area contributed by atoms with Gasteiger partial charge in [-0.1, -0.05) is 42.5 Å². The van der Waals surface area contributed by atoms with Crippen LogP contribution in [-0.4, -0.2) is 6.10 Å². The zero-order chi connectivity index (χ0) is 9.97. The smallest absolute Gasteiger partial charge is 0.0942 e. The van der Waals surface area contributed by atoms with E-state index < -0.39 is 6.10 Å². The van der Waals surface area contributed by atoms with Crippen LogP contribution in [0.15, 0.2) is 42.5 Å². The molecule has 0 aromatic heterocycles. The molecule has 1 radical (unpaired) electrons. The maximum absolute atomic E-state index is 11.0. The zero-order valence-corrected chi connectivity index (χ0v) is 8.23. The molecule has 0 spiro atoms. The van der Waals surface area contributed by atoms with Gasteiger partial charge in [0.1, 0.15) is 0 Å². The van der Waals surface area contributed by atoms with Crippen molar-refractivity contribution in [1.29, 1.82) is 0 Å². The van der Waals surface area contributed by atoms with Gasteiger partial charge in [0.15, 0.2) is 0 Å². The minimum absolute atomic E-state index is 0.517. The van der Waals surface area contributed by atoms with Gasteiger partial charge in [0, 0.05) is 6.42 Å². The summed E-state index contributed by atoms with van der Waals surface area (Å²) in [5.41, 5.74) is 1.13. The third kappa shape index (κ3) is 1.94. The van der Waals surface area contributed by atoms with Crippen LogP contribution in [0.5, 0.6) is 0 Å². The van der Waals surface area contributed by atoms with Gasteiger partial charge in [0.05, 0.1) is 6.10 Å². The normalized spacial score (nSPS) is 13.0. The molecule has 1 atom stereocenters. The first-order valence-electron chi connectivity index (χ1n) is 4.89. The van der Waals surface area contributed by atoms with Crippen LogP contribution >= 0.6 is 0 Å². The Morgan fingerprint density at radius 1 is 1.07 bits per heavy atom. The molecule has 0 aliphatic rings. The molecule has 0 amide bonds. The topological polar surface area (TPSA) is 19.9 Å². The first kappa shape index (κ1) is 9.22. The highest BCUT2D eigenvalue weighted by molar-refractivity contribution is 5.82. The fraction of sp³-hybridized carbons (Fsp3) is 0.231. The Morgan fingerprint density at radius 3 is 2.50 bits per heavy atom. The average Bonchev–Trinajstić information content (AvgIpc) is 2.17. The van der Waals surface area contributed by atoms with Crippen molar-refractivity contribution in [3.8, 4) is 0 Å². The Kier molecular flexibility index (Phi) is 2.51. The Bertz CT molecular complexity index is 432. The lowest BCUT2D eigenvalue weighted by molar-refractivity contribution is 0.106. The molecule has 0 N–H and O–H groups in total. The van der Waals surface area contributed by atoms with Gasteiger partial charge >= 0.3 is 0 Å². The van der Waals surface area contributed by atoms with Crippen molar-refractivity contribution in [3.05, 3.63) is 48.0 Å². The predicted molar refractivity (Wildman–Crippen MR) is 57.8 cm³/mol. The lowest BCUT2D eigenvalue weighted by Gasteiger charge is -2.04. The molecule has 2 rings (SSSR count). The molecule has 71 valence electrons. The van der Waals surface area contributed by atoms with E-state index in [1.54, 1.807) is 6.92 Å². The van der Waals surface area contributed by atoms with E-state index >= 15 is 0 Å². The van der Waals surface area contributed by atoms with Gasteiger partial charge in [-0.3, -0.25) is 0 Å². The molecule has 1 heteroatoms. The molecule has 1 unspecified atom stereocenters. The van der Waals surface area contributed by atoms with Crippen molar-refractivity contribution in [3.63, 3.8) is 0 Å². The quantitative estimate of drug-likeness (QED) is 0.684. The van der Waals surface area contributed by atoms with Crippen LogP contribution in [0, 0.1) is 0 Å². The average molecular weight is 185 g/mol. The number of hydrogen-bond acceptors (Lipinski definition) is 0. The van der Waals surface area contributed by atoms with E-state index in [2.05, 4.69) is 24.3 Å². The largest absolute Gasteiger partial charge is 0.233 e. The molecule has 0 aliphatic carbocycles. The molecule has 0 saturated heterocycles. The van der Waals surface area contributed by atoms with Crippen LogP contribution in [0.3, 0.4) is 0 Å². The molecule has 0 fully saturated rings. The Balaban J connectivity index is 2.41. The van der Waals surface area contributed by atoms with Gasteiger partial charge < -0.3 is 0 Å². The molecule has 1 nitrogen and oxygen atoms in total. The highest BCUT2D eigenvalue weighted by Crippen LogP contribution is 2.16. The number of hydrogen-bond donors (Lipinski definition) is 0. The molecule has 2 aromatic carbocycles. The Labute approximate surface area is 84.0 Å². The van der Waals surface area contributed by atoms with Gasteiger partial charge in [-0.25, -0.2) is 5.11 Å². The van der Waals surface area contributed by atoms with Crippen molar-refractivity contribution in [2.75, 3.05) is 0 Å². The molecular weight excluding hydrogens is 172 g/mol. The lowest BCUT2D eigenvalue weighted by Crippen LogP contribution is -2.01. The first-order valence-corrected chi connectivity index (χ1v) is 4.89. The fourth-order valence-electron chi connectivity index (χ4n) is 1.70. The van der Waals surface area contributed by atoms with Gasteiger partial charge in [0.2, 0.25) is 0 Å². The first-order chi connectivity index (χ1) is 6.75. The van der Waals surface area contributed by atoms with Crippen LogP contribution in [0.25, 0.3) is 10.8 Å². The number of fused-ring (bicyclic) bond motifs is 1. The summed E-state index contributed by atoms with van der Waals surface area (Å²) in [6.07, 6.45) is 0.0985. The van der Waals surface area contributed by atoms with E-state index in [4.69, 9.17) is 0 Å². The number of benzene rings is 2. The summed E-state index contributed by atoms with van der Waals surface area (Å²) >= 11 is 0. The van der Waals surface area contributed by atoms with Crippen molar-refractivity contribution in [2.45, 2.75) is 19.4 Å². The molecule has 0 saturated carbocycles. The standard InChI is InChI=1S/C13H13O/c1-10(14)8-11-6-7-12-4-2-3-5-13(12)9-11/h2-7,9-10H,8H2,1H3. The lowest BCUT2D eigenvalue weighted by atomic mass is 10.0. The third-order valence-corrected chi connectivity index (χ3v) is 2.34. The van der Waals surface area contributed by atoms with Crippen molar-refractivity contribution < 1.29 is 5.11 Å². The van der Waals surface area contributed by atoms with Crippen molar-refractivity contribution in [2.24, 2.45) is 0 Å². The van der Waals surface area contributed by atoms with Gasteiger partial charge in [-0.15, -0.1) is 0 Å². The van der Waals surface area contributed by atoms with E-state index in [0.29, 0.717) is 6.42 Å². The summed E-state index contributed by atoms with van der Waals surface area (Å²) in [7, 11) is 0. The van der Waals surface area contributed by atoms with Crippen LogP contribution in [0.1, 0.15) is 12.5 Å². The maximum atomic E-state index is 11.0. The van der Waals surface area contributed by atoms with E-state index in [1.807, 2.05) is 18.2 Å². The third-order valence-electron chi connectivity index (χ3n) is 2.34. The van der Waals surface area contributed by atoms with Gasteiger partial charge in [-0.2, -0.15) is 0 Å².